The summed E-state index contributed by atoms with van der Waals surface area (Å²) in [5.74, 6) is 0. The van der Waals surface area contributed by atoms with E-state index >= 15 is 0 Å². The fourth-order valence-corrected chi connectivity index (χ4v) is 3.40. The summed E-state index contributed by atoms with van der Waals surface area (Å²) in [5.41, 5.74) is 6.17. The highest BCUT2D eigenvalue weighted by Gasteiger charge is 2.13. The van der Waals surface area contributed by atoms with Gasteiger partial charge >= 0.3 is 0 Å². The third-order valence-electron chi connectivity index (χ3n) is 2.92. The van der Waals surface area contributed by atoms with E-state index in [1.807, 2.05) is 0 Å². The smallest absolute Gasteiger partial charge is 0.0402 e. The molecule has 0 saturated carbocycles. The number of nitrogens with zero attached hydrogens (tertiary/aromatic N) is 1. The largest absolute Gasteiger partial charge is 0.323 e. The Hall–Kier alpha value is 0.0600. The molecule has 0 amide bonds. The van der Waals surface area contributed by atoms with Gasteiger partial charge < -0.3 is 16.0 Å². The SMILES string of the molecule is NC(CCN1CCNCC1)c1cc(Br)cs1. The maximum atomic E-state index is 6.17. The minimum Gasteiger partial charge on any atom is -0.323 e. The Bertz CT molecular complexity index is 323. The van der Waals surface area contributed by atoms with Crippen LogP contribution in [0.4, 0.5) is 0 Å². The number of halogens is 1. The van der Waals surface area contributed by atoms with Gasteiger partial charge in [0, 0.05) is 53.5 Å². The molecule has 1 atom stereocenters. The van der Waals surface area contributed by atoms with E-state index in [-0.39, 0.29) is 6.04 Å². The lowest BCUT2D eigenvalue weighted by atomic mass is 10.1. The van der Waals surface area contributed by atoms with Crippen LogP contribution in [0.5, 0.6) is 0 Å². The van der Waals surface area contributed by atoms with Gasteiger partial charge in [0.1, 0.15) is 0 Å². The summed E-state index contributed by atoms with van der Waals surface area (Å²) in [7, 11) is 0. The number of nitrogens with two attached hydrogens (primary N) is 1. The van der Waals surface area contributed by atoms with Gasteiger partial charge in [-0.3, -0.25) is 0 Å². The number of nitrogens with one attached hydrogen (secondary N) is 1. The average molecular weight is 304 g/mol. The van der Waals surface area contributed by atoms with Crippen LogP contribution < -0.4 is 11.1 Å². The second-order valence-corrected chi connectivity index (χ2v) is 6.01. The van der Waals surface area contributed by atoms with Crippen molar-refractivity contribution in [1.82, 2.24) is 10.2 Å². The molecule has 90 valence electrons. The number of rotatable bonds is 4. The molecule has 0 radical (unpaired) electrons. The van der Waals surface area contributed by atoms with Gasteiger partial charge in [0.15, 0.2) is 0 Å². The first-order chi connectivity index (χ1) is 7.75. The number of piperazine rings is 1. The molecule has 3 N–H and O–H groups in total. The monoisotopic (exact) mass is 303 g/mol. The molecule has 2 rings (SSSR count). The fourth-order valence-electron chi connectivity index (χ4n) is 1.92. The maximum absolute atomic E-state index is 6.17. The van der Waals surface area contributed by atoms with Gasteiger partial charge in [-0.1, -0.05) is 0 Å². The van der Waals surface area contributed by atoms with Gasteiger partial charge in [-0.25, -0.2) is 0 Å². The van der Waals surface area contributed by atoms with Crippen molar-refractivity contribution in [2.45, 2.75) is 12.5 Å². The molecule has 1 aliphatic heterocycles. The highest BCUT2D eigenvalue weighted by molar-refractivity contribution is 9.10. The average Bonchev–Trinajstić information content (AvgIpc) is 2.74. The topological polar surface area (TPSA) is 41.3 Å². The molecule has 16 heavy (non-hydrogen) atoms. The molecular weight excluding hydrogens is 286 g/mol. The molecule has 0 aliphatic carbocycles. The first-order valence-electron chi connectivity index (χ1n) is 5.68. The quantitative estimate of drug-likeness (QED) is 0.891. The molecule has 0 bridgehead atoms. The minimum atomic E-state index is 0.186. The van der Waals surface area contributed by atoms with E-state index in [2.05, 4.69) is 37.6 Å². The van der Waals surface area contributed by atoms with Crippen LogP contribution in [0.25, 0.3) is 0 Å². The first-order valence-corrected chi connectivity index (χ1v) is 7.35. The molecule has 3 nitrogen and oxygen atoms in total. The second-order valence-electron chi connectivity index (χ2n) is 4.15. The van der Waals surface area contributed by atoms with Crippen LogP contribution in [0.1, 0.15) is 17.3 Å². The Balaban J connectivity index is 1.76. The van der Waals surface area contributed by atoms with Gasteiger partial charge in [0.25, 0.3) is 0 Å². The molecule has 1 fully saturated rings. The van der Waals surface area contributed by atoms with E-state index in [9.17, 15) is 0 Å². The van der Waals surface area contributed by atoms with Crippen LogP contribution in [0.2, 0.25) is 0 Å². The third-order valence-corrected chi connectivity index (χ3v) is 4.74. The van der Waals surface area contributed by atoms with Gasteiger partial charge in [0.2, 0.25) is 0 Å². The van der Waals surface area contributed by atoms with Gasteiger partial charge in [-0.2, -0.15) is 0 Å². The Kier molecular flexibility index (Phi) is 4.79. The van der Waals surface area contributed by atoms with E-state index in [0.717, 1.165) is 43.6 Å². The van der Waals surface area contributed by atoms with Crippen LogP contribution in [-0.4, -0.2) is 37.6 Å². The fraction of sp³-hybridized carbons (Fsp3) is 0.636. The maximum Gasteiger partial charge on any atom is 0.0402 e. The zero-order valence-electron chi connectivity index (χ0n) is 9.29. The lowest BCUT2D eigenvalue weighted by Crippen LogP contribution is -2.44. The number of hydrogen-bond acceptors (Lipinski definition) is 4. The molecule has 0 aromatic carbocycles. The zero-order chi connectivity index (χ0) is 11.4. The van der Waals surface area contributed by atoms with Gasteiger partial charge in [-0.15, -0.1) is 11.3 Å². The zero-order valence-corrected chi connectivity index (χ0v) is 11.7. The summed E-state index contributed by atoms with van der Waals surface area (Å²) in [4.78, 5) is 3.76. The molecule has 5 heteroatoms. The molecule has 0 spiro atoms. The standard InChI is InChI=1S/C11H18BrN3S/c12-9-7-11(16-8-9)10(13)1-4-15-5-2-14-3-6-15/h7-8,10,14H,1-6,13H2. The molecular formula is C11H18BrN3S. The van der Waals surface area contributed by atoms with E-state index in [4.69, 9.17) is 5.73 Å². The van der Waals surface area contributed by atoms with Crippen molar-refractivity contribution in [1.29, 1.82) is 0 Å². The van der Waals surface area contributed by atoms with E-state index in [1.54, 1.807) is 11.3 Å². The van der Waals surface area contributed by atoms with Crippen LogP contribution in [0.3, 0.4) is 0 Å². The molecule has 1 aromatic heterocycles. The van der Waals surface area contributed by atoms with E-state index in [0.29, 0.717) is 0 Å². The number of thiophene rings is 1. The second kappa shape index (κ2) is 6.12. The van der Waals surface area contributed by atoms with Crippen molar-refractivity contribution in [3.05, 3.63) is 20.8 Å². The summed E-state index contributed by atoms with van der Waals surface area (Å²) in [6.07, 6.45) is 1.05. The molecule has 1 aromatic rings. The highest BCUT2D eigenvalue weighted by atomic mass is 79.9. The third kappa shape index (κ3) is 3.53. The molecule has 2 heterocycles. The predicted molar refractivity (Wildman–Crippen MR) is 72.9 cm³/mol. The summed E-state index contributed by atoms with van der Waals surface area (Å²) in [6, 6.07) is 2.32. The van der Waals surface area contributed by atoms with Crippen LogP contribution in [-0.2, 0) is 0 Å². The van der Waals surface area contributed by atoms with E-state index < -0.39 is 0 Å². The summed E-state index contributed by atoms with van der Waals surface area (Å²) < 4.78 is 1.14. The predicted octanol–water partition coefficient (Wildman–Crippen LogP) is 1.81. The lowest BCUT2D eigenvalue weighted by Gasteiger charge is -2.27. The first kappa shape index (κ1) is 12.5. The van der Waals surface area contributed by atoms with Crippen molar-refractivity contribution >= 4 is 27.3 Å². The van der Waals surface area contributed by atoms with Gasteiger partial charge in [0.05, 0.1) is 0 Å². The van der Waals surface area contributed by atoms with Crippen molar-refractivity contribution < 1.29 is 0 Å². The Morgan fingerprint density at radius 1 is 1.50 bits per heavy atom. The molecule has 1 unspecified atom stereocenters. The van der Waals surface area contributed by atoms with Crippen molar-refractivity contribution in [3.8, 4) is 0 Å². The Labute approximate surface area is 109 Å². The Morgan fingerprint density at radius 2 is 2.25 bits per heavy atom. The normalized spacial score (nSPS) is 19.9. The van der Waals surface area contributed by atoms with Crippen LogP contribution in [0, 0.1) is 0 Å². The summed E-state index contributed by atoms with van der Waals surface area (Å²) >= 11 is 5.21. The summed E-state index contributed by atoms with van der Waals surface area (Å²) in [5, 5.41) is 5.46. The number of hydrogen-bond donors (Lipinski definition) is 2. The van der Waals surface area contributed by atoms with E-state index in [1.165, 1.54) is 4.88 Å². The van der Waals surface area contributed by atoms with Crippen molar-refractivity contribution in [3.63, 3.8) is 0 Å². The highest BCUT2D eigenvalue weighted by Crippen LogP contribution is 2.26. The minimum absolute atomic E-state index is 0.186. The van der Waals surface area contributed by atoms with Crippen LogP contribution in [0.15, 0.2) is 15.9 Å². The van der Waals surface area contributed by atoms with Crippen molar-refractivity contribution in [2.24, 2.45) is 5.73 Å². The van der Waals surface area contributed by atoms with Crippen molar-refractivity contribution in [2.75, 3.05) is 32.7 Å². The molecule has 1 saturated heterocycles. The molecule has 1 aliphatic rings. The van der Waals surface area contributed by atoms with Gasteiger partial charge in [-0.05, 0) is 28.4 Å². The summed E-state index contributed by atoms with van der Waals surface area (Å²) in [6.45, 7) is 5.64. The lowest BCUT2D eigenvalue weighted by molar-refractivity contribution is 0.233. The Morgan fingerprint density at radius 3 is 2.88 bits per heavy atom. The van der Waals surface area contributed by atoms with Crippen LogP contribution >= 0.6 is 27.3 Å².